The second-order valence-electron chi connectivity index (χ2n) is 6.40. The average Bonchev–Trinajstić information content (AvgIpc) is 2.62. The van der Waals surface area contributed by atoms with E-state index < -0.39 is 0 Å². The highest BCUT2D eigenvalue weighted by atomic mass is 16.5. The van der Waals surface area contributed by atoms with Crippen molar-refractivity contribution in [1.82, 2.24) is 4.90 Å². The smallest absolute Gasteiger partial charge is 0.410 e. The molecule has 1 atom stereocenters. The molecule has 0 fully saturated rings. The molecule has 1 unspecified atom stereocenters. The molecule has 0 bridgehead atoms. The van der Waals surface area contributed by atoms with Gasteiger partial charge < -0.3 is 4.74 Å². The van der Waals surface area contributed by atoms with Gasteiger partial charge in [-0.1, -0.05) is 48.5 Å². The maximum Gasteiger partial charge on any atom is 0.410 e. The van der Waals surface area contributed by atoms with Crippen molar-refractivity contribution in [3.05, 3.63) is 70.8 Å². The van der Waals surface area contributed by atoms with Crippen LogP contribution in [0.4, 0.5) is 4.79 Å². The number of nitrogens with zero attached hydrogens (tertiary/aromatic N) is 1. The Kier molecular flexibility index (Phi) is 3.37. The Hall–Kier alpha value is -2.29. The number of carbonyl (C=O) groups excluding carboxylic acids is 1. The molecule has 1 aliphatic heterocycles. The molecular weight excluding hydrogens is 286 g/mol. The number of ether oxygens (including phenoxy) is 1. The van der Waals surface area contributed by atoms with Gasteiger partial charge in [0.1, 0.15) is 0 Å². The van der Waals surface area contributed by atoms with Crippen LogP contribution in [0.1, 0.15) is 35.1 Å². The number of amides is 1. The standard InChI is InChI=1S/C20H21NO2/c1-23-19(22)21-14-12-16-8-3-5-11-18(16)20(21)13-6-9-15-7-2-4-10-17(15)20/h2-5,7-8,10-11H,6,9,12-14H2,1H3. The van der Waals surface area contributed by atoms with E-state index in [4.69, 9.17) is 4.74 Å². The van der Waals surface area contributed by atoms with Crippen molar-refractivity contribution >= 4 is 6.09 Å². The summed E-state index contributed by atoms with van der Waals surface area (Å²) in [6.07, 6.45) is 3.77. The first kappa shape index (κ1) is 14.3. The molecule has 0 saturated carbocycles. The Morgan fingerprint density at radius 1 is 1.00 bits per heavy atom. The van der Waals surface area contributed by atoms with Gasteiger partial charge in [-0.3, -0.25) is 4.90 Å². The summed E-state index contributed by atoms with van der Waals surface area (Å²) in [6.45, 7) is 0.706. The highest BCUT2D eigenvalue weighted by Gasteiger charge is 2.48. The summed E-state index contributed by atoms with van der Waals surface area (Å²) >= 11 is 0. The van der Waals surface area contributed by atoms with Crippen LogP contribution in [0.5, 0.6) is 0 Å². The highest BCUT2D eigenvalue weighted by Crippen LogP contribution is 2.48. The van der Waals surface area contributed by atoms with Crippen LogP contribution in [0.15, 0.2) is 48.5 Å². The van der Waals surface area contributed by atoms with E-state index in [1.807, 2.05) is 4.90 Å². The molecule has 0 N–H and O–H groups in total. The van der Waals surface area contributed by atoms with Gasteiger partial charge >= 0.3 is 6.09 Å². The summed E-state index contributed by atoms with van der Waals surface area (Å²) in [5.41, 5.74) is 4.86. The number of methoxy groups -OCH3 is 1. The number of rotatable bonds is 0. The van der Waals surface area contributed by atoms with Crippen molar-refractivity contribution in [2.45, 2.75) is 31.2 Å². The summed E-state index contributed by atoms with van der Waals surface area (Å²) in [7, 11) is 1.48. The van der Waals surface area contributed by atoms with Gasteiger partial charge in [-0.2, -0.15) is 0 Å². The van der Waals surface area contributed by atoms with Crippen LogP contribution < -0.4 is 0 Å². The molecule has 2 aromatic carbocycles. The second kappa shape index (κ2) is 5.41. The molecule has 4 rings (SSSR count). The van der Waals surface area contributed by atoms with Crippen molar-refractivity contribution in [3.63, 3.8) is 0 Å². The Morgan fingerprint density at radius 2 is 1.61 bits per heavy atom. The first-order chi connectivity index (χ1) is 11.3. The van der Waals surface area contributed by atoms with Crippen molar-refractivity contribution in [3.8, 4) is 0 Å². The number of fused-ring (bicyclic) bond motifs is 4. The van der Waals surface area contributed by atoms with Gasteiger partial charge in [0.05, 0.1) is 12.6 Å². The fraction of sp³-hybridized carbons (Fsp3) is 0.350. The third-order valence-electron chi connectivity index (χ3n) is 5.37. The molecule has 2 aliphatic rings. The molecular formula is C20H21NO2. The molecule has 0 radical (unpaired) electrons. The summed E-state index contributed by atoms with van der Waals surface area (Å²) in [5.74, 6) is 0. The zero-order valence-corrected chi connectivity index (χ0v) is 13.4. The summed E-state index contributed by atoms with van der Waals surface area (Å²) in [4.78, 5) is 14.5. The Bertz CT molecular complexity index is 713. The van der Waals surface area contributed by atoms with Gasteiger partial charge in [-0.15, -0.1) is 0 Å². The van der Waals surface area contributed by atoms with E-state index in [0.717, 1.165) is 25.7 Å². The van der Waals surface area contributed by atoms with E-state index in [1.54, 1.807) is 0 Å². The van der Waals surface area contributed by atoms with Crippen LogP contribution in [-0.2, 0) is 23.1 Å². The van der Waals surface area contributed by atoms with Crippen LogP contribution in [0.25, 0.3) is 0 Å². The van der Waals surface area contributed by atoms with Gasteiger partial charge in [-0.25, -0.2) is 4.79 Å². The number of hydrogen-bond donors (Lipinski definition) is 0. The van der Waals surface area contributed by atoms with E-state index >= 15 is 0 Å². The van der Waals surface area contributed by atoms with Crippen LogP contribution >= 0.6 is 0 Å². The monoisotopic (exact) mass is 307 g/mol. The van der Waals surface area contributed by atoms with E-state index in [9.17, 15) is 4.79 Å². The van der Waals surface area contributed by atoms with E-state index in [-0.39, 0.29) is 11.6 Å². The maximum atomic E-state index is 12.6. The van der Waals surface area contributed by atoms with Gasteiger partial charge in [0.15, 0.2) is 0 Å². The third kappa shape index (κ3) is 1.99. The maximum absolute atomic E-state index is 12.6. The van der Waals surface area contributed by atoms with E-state index in [1.165, 1.54) is 29.4 Å². The van der Waals surface area contributed by atoms with Crippen molar-refractivity contribution in [2.24, 2.45) is 0 Å². The molecule has 2 aromatic rings. The van der Waals surface area contributed by atoms with Gasteiger partial charge in [0.2, 0.25) is 0 Å². The van der Waals surface area contributed by atoms with Crippen molar-refractivity contribution in [1.29, 1.82) is 0 Å². The Balaban J connectivity index is 2.00. The molecule has 23 heavy (non-hydrogen) atoms. The largest absolute Gasteiger partial charge is 0.453 e. The zero-order chi connectivity index (χ0) is 15.9. The molecule has 1 spiro atoms. The van der Waals surface area contributed by atoms with E-state index in [2.05, 4.69) is 48.5 Å². The van der Waals surface area contributed by atoms with Gasteiger partial charge in [0, 0.05) is 6.54 Å². The van der Waals surface area contributed by atoms with Crippen molar-refractivity contribution < 1.29 is 9.53 Å². The normalized spacial score (nSPS) is 22.4. The van der Waals surface area contributed by atoms with Gasteiger partial charge in [0.25, 0.3) is 0 Å². The van der Waals surface area contributed by atoms with Crippen molar-refractivity contribution in [2.75, 3.05) is 13.7 Å². The lowest BCUT2D eigenvalue weighted by Crippen LogP contribution is -2.55. The number of benzene rings is 2. The van der Waals surface area contributed by atoms with E-state index in [0.29, 0.717) is 6.54 Å². The molecule has 1 amide bonds. The fourth-order valence-corrected chi connectivity index (χ4v) is 4.44. The summed E-state index contributed by atoms with van der Waals surface area (Å²) in [6, 6.07) is 17.1. The molecule has 118 valence electrons. The zero-order valence-electron chi connectivity index (χ0n) is 13.4. The molecule has 0 saturated heterocycles. The lowest BCUT2D eigenvalue weighted by Gasteiger charge is -2.50. The Labute approximate surface area is 136 Å². The SMILES string of the molecule is COC(=O)N1CCc2ccccc2C12CCCc1ccccc12. The fourth-order valence-electron chi connectivity index (χ4n) is 4.44. The lowest BCUT2D eigenvalue weighted by molar-refractivity contribution is 0.0632. The Morgan fingerprint density at radius 3 is 2.26 bits per heavy atom. The topological polar surface area (TPSA) is 29.5 Å². The number of aryl methyl sites for hydroxylation is 1. The summed E-state index contributed by atoms with van der Waals surface area (Å²) in [5, 5.41) is 0. The van der Waals surface area contributed by atoms with Crippen LogP contribution in [0.2, 0.25) is 0 Å². The minimum Gasteiger partial charge on any atom is -0.453 e. The predicted molar refractivity (Wildman–Crippen MR) is 89.4 cm³/mol. The molecule has 3 nitrogen and oxygen atoms in total. The summed E-state index contributed by atoms with van der Waals surface area (Å²) < 4.78 is 5.13. The molecule has 3 heteroatoms. The average molecular weight is 307 g/mol. The molecule has 1 aliphatic carbocycles. The molecule has 1 heterocycles. The van der Waals surface area contributed by atoms with Crippen LogP contribution in [0.3, 0.4) is 0 Å². The lowest BCUT2D eigenvalue weighted by atomic mass is 9.68. The quantitative estimate of drug-likeness (QED) is 0.739. The predicted octanol–water partition coefficient (Wildman–Crippen LogP) is 3.89. The van der Waals surface area contributed by atoms with Crippen LogP contribution in [0, 0.1) is 0 Å². The molecule has 0 aromatic heterocycles. The first-order valence-electron chi connectivity index (χ1n) is 8.30. The third-order valence-corrected chi connectivity index (χ3v) is 5.37. The first-order valence-corrected chi connectivity index (χ1v) is 8.30. The number of carbonyl (C=O) groups is 1. The van der Waals surface area contributed by atoms with Gasteiger partial charge in [-0.05, 0) is 47.9 Å². The number of hydrogen-bond acceptors (Lipinski definition) is 2. The minimum atomic E-state index is -0.378. The van der Waals surface area contributed by atoms with Crippen LogP contribution in [-0.4, -0.2) is 24.6 Å². The highest BCUT2D eigenvalue weighted by molar-refractivity contribution is 5.72. The second-order valence-corrected chi connectivity index (χ2v) is 6.40. The minimum absolute atomic E-state index is 0.226.